The molecule has 1 aromatic carbocycles. The lowest BCUT2D eigenvalue weighted by molar-refractivity contribution is -0.134. The van der Waals surface area contributed by atoms with Gasteiger partial charge in [0, 0.05) is 13.1 Å². The van der Waals surface area contributed by atoms with Crippen molar-refractivity contribution in [3.63, 3.8) is 0 Å². The normalized spacial score (nSPS) is 28.7. The molecule has 1 aliphatic carbocycles. The Morgan fingerprint density at radius 2 is 1.97 bits per heavy atom. The van der Waals surface area contributed by atoms with Gasteiger partial charge >= 0.3 is 6.03 Å². The minimum Gasteiger partial charge on any atom is -0.379 e. The fourth-order valence-electron chi connectivity index (χ4n) is 4.56. The number of rotatable bonds is 4. The van der Waals surface area contributed by atoms with Crippen molar-refractivity contribution in [2.75, 3.05) is 26.3 Å². The number of hydrogen-bond donors (Lipinski definition) is 1. The summed E-state index contributed by atoms with van der Waals surface area (Å²) in [7, 11) is -3.63. The second-order valence-electron chi connectivity index (χ2n) is 8.10. The number of ether oxygens (including phenoxy) is 1. The van der Waals surface area contributed by atoms with E-state index in [9.17, 15) is 18.0 Å². The third kappa shape index (κ3) is 3.55. The number of hydrogen-bond acceptors (Lipinski definition) is 5. The Bertz CT molecular complexity index is 912. The minimum absolute atomic E-state index is 0.0611. The molecule has 29 heavy (non-hydrogen) atoms. The number of benzene rings is 1. The Labute approximate surface area is 171 Å². The van der Waals surface area contributed by atoms with Crippen molar-refractivity contribution in [1.82, 2.24) is 14.5 Å². The molecule has 8 nitrogen and oxygen atoms in total. The molecule has 1 spiro atoms. The van der Waals surface area contributed by atoms with E-state index in [1.54, 1.807) is 24.3 Å². The van der Waals surface area contributed by atoms with Crippen LogP contribution < -0.4 is 5.32 Å². The van der Waals surface area contributed by atoms with Crippen molar-refractivity contribution in [3.8, 4) is 0 Å². The maximum atomic E-state index is 13.1. The number of morpholine rings is 1. The van der Waals surface area contributed by atoms with Crippen LogP contribution in [0.3, 0.4) is 0 Å². The maximum absolute atomic E-state index is 13.1. The summed E-state index contributed by atoms with van der Waals surface area (Å²) in [5.74, 6) is -0.109. The van der Waals surface area contributed by atoms with Gasteiger partial charge in [-0.15, -0.1) is 0 Å². The van der Waals surface area contributed by atoms with Crippen LogP contribution in [-0.2, 0) is 26.1 Å². The number of amides is 3. The van der Waals surface area contributed by atoms with Gasteiger partial charge in [0.15, 0.2) is 0 Å². The Kier molecular flexibility index (Phi) is 5.39. The molecule has 3 amide bonds. The zero-order chi connectivity index (χ0) is 20.6. The van der Waals surface area contributed by atoms with Crippen LogP contribution in [0.2, 0.25) is 0 Å². The number of imide groups is 1. The molecule has 4 rings (SSSR count). The first-order valence-electron chi connectivity index (χ1n) is 10.2. The van der Waals surface area contributed by atoms with E-state index in [4.69, 9.17) is 4.74 Å². The Morgan fingerprint density at radius 1 is 1.21 bits per heavy atom. The third-order valence-electron chi connectivity index (χ3n) is 6.35. The molecular formula is C20H27N3O5S. The monoisotopic (exact) mass is 421 g/mol. The van der Waals surface area contributed by atoms with Gasteiger partial charge in [-0.2, -0.15) is 4.31 Å². The lowest BCUT2D eigenvalue weighted by Crippen LogP contribution is -2.53. The van der Waals surface area contributed by atoms with E-state index in [0.29, 0.717) is 38.3 Å². The summed E-state index contributed by atoms with van der Waals surface area (Å²) in [5.41, 5.74) is -0.198. The fraction of sp³-hybridized carbons (Fsp3) is 0.600. The van der Waals surface area contributed by atoms with Gasteiger partial charge in [-0.3, -0.25) is 9.69 Å². The van der Waals surface area contributed by atoms with Gasteiger partial charge in [0.05, 0.1) is 24.7 Å². The summed E-state index contributed by atoms with van der Waals surface area (Å²) in [5, 5.41) is 2.93. The summed E-state index contributed by atoms with van der Waals surface area (Å²) < 4.78 is 32.4. The molecule has 2 heterocycles. The van der Waals surface area contributed by atoms with E-state index in [-0.39, 0.29) is 23.3 Å². The lowest BCUT2D eigenvalue weighted by Gasteiger charge is -2.36. The third-order valence-corrected chi connectivity index (χ3v) is 8.24. The molecule has 0 radical (unpaired) electrons. The zero-order valence-corrected chi connectivity index (χ0v) is 17.4. The number of nitrogens with zero attached hydrogens (tertiary/aromatic N) is 2. The van der Waals surface area contributed by atoms with Crippen LogP contribution in [0.4, 0.5) is 4.79 Å². The maximum Gasteiger partial charge on any atom is 0.325 e. The fourth-order valence-corrected chi connectivity index (χ4v) is 6.04. The molecule has 0 unspecified atom stereocenters. The van der Waals surface area contributed by atoms with Gasteiger partial charge in [0.2, 0.25) is 10.0 Å². The molecule has 9 heteroatoms. The second-order valence-corrected chi connectivity index (χ2v) is 10.0. The van der Waals surface area contributed by atoms with Crippen molar-refractivity contribution in [2.24, 2.45) is 5.92 Å². The molecule has 1 saturated carbocycles. The largest absolute Gasteiger partial charge is 0.379 e. The summed E-state index contributed by atoms with van der Waals surface area (Å²) >= 11 is 0. The van der Waals surface area contributed by atoms with Crippen molar-refractivity contribution in [3.05, 3.63) is 29.8 Å². The highest BCUT2D eigenvalue weighted by Crippen LogP contribution is 2.38. The molecular weight excluding hydrogens is 394 g/mol. The summed E-state index contributed by atoms with van der Waals surface area (Å²) in [6.45, 7) is 3.46. The van der Waals surface area contributed by atoms with Crippen LogP contribution >= 0.6 is 0 Å². The molecule has 2 aliphatic heterocycles. The second kappa shape index (κ2) is 7.70. The van der Waals surface area contributed by atoms with E-state index < -0.39 is 21.6 Å². The van der Waals surface area contributed by atoms with E-state index >= 15 is 0 Å². The molecule has 1 aromatic rings. The predicted molar refractivity (Wildman–Crippen MR) is 105 cm³/mol. The standard InChI is InChI=1S/C20H27N3O5S/c1-15-5-2-3-8-20(15)18(24)23(19(25)21-20)14-16-6-4-7-17(13-16)29(26,27)22-9-11-28-12-10-22/h4,6-7,13,15H,2-3,5,8-12,14H2,1H3,(H,21,25)/t15-,20-/m0/s1. The molecule has 3 fully saturated rings. The van der Waals surface area contributed by atoms with Crippen molar-refractivity contribution in [2.45, 2.75) is 49.6 Å². The molecule has 0 bridgehead atoms. The van der Waals surface area contributed by atoms with Crippen LogP contribution in [0.5, 0.6) is 0 Å². The van der Waals surface area contributed by atoms with Crippen LogP contribution in [0.15, 0.2) is 29.2 Å². The van der Waals surface area contributed by atoms with Crippen molar-refractivity contribution >= 4 is 22.0 Å². The van der Waals surface area contributed by atoms with Crippen LogP contribution in [-0.4, -0.2) is 61.4 Å². The predicted octanol–water partition coefficient (Wildman–Crippen LogP) is 1.71. The number of carbonyl (C=O) groups excluding carboxylic acids is 2. The Hall–Kier alpha value is -1.97. The molecule has 2 atom stereocenters. The van der Waals surface area contributed by atoms with Gasteiger partial charge in [0.25, 0.3) is 5.91 Å². The zero-order valence-electron chi connectivity index (χ0n) is 16.6. The van der Waals surface area contributed by atoms with E-state index in [1.165, 1.54) is 9.21 Å². The highest BCUT2D eigenvalue weighted by Gasteiger charge is 2.54. The van der Waals surface area contributed by atoms with E-state index in [2.05, 4.69) is 5.32 Å². The average Bonchev–Trinajstić information content (AvgIpc) is 2.96. The molecule has 1 N–H and O–H groups in total. The number of urea groups is 1. The SMILES string of the molecule is C[C@H]1CCCC[C@]12NC(=O)N(Cc1cccc(S(=O)(=O)N3CCOCC3)c1)C2=O. The van der Waals surface area contributed by atoms with Crippen molar-refractivity contribution in [1.29, 1.82) is 0 Å². The molecule has 3 aliphatic rings. The lowest BCUT2D eigenvalue weighted by atomic mass is 9.73. The number of sulfonamides is 1. The smallest absolute Gasteiger partial charge is 0.325 e. The van der Waals surface area contributed by atoms with Crippen molar-refractivity contribution < 1.29 is 22.7 Å². The molecule has 0 aromatic heterocycles. The van der Waals surface area contributed by atoms with Gasteiger partial charge in [-0.05, 0) is 36.5 Å². The highest BCUT2D eigenvalue weighted by molar-refractivity contribution is 7.89. The summed E-state index contributed by atoms with van der Waals surface area (Å²) in [6.07, 6.45) is 3.54. The van der Waals surface area contributed by atoms with Gasteiger partial charge in [0.1, 0.15) is 5.54 Å². The number of carbonyl (C=O) groups is 2. The number of nitrogens with one attached hydrogen (secondary N) is 1. The Balaban J connectivity index is 1.55. The first-order chi connectivity index (χ1) is 13.8. The van der Waals surface area contributed by atoms with Gasteiger partial charge in [-0.1, -0.05) is 31.9 Å². The summed E-state index contributed by atoms with van der Waals surface area (Å²) in [6, 6.07) is 6.10. The topological polar surface area (TPSA) is 96.0 Å². The first kappa shape index (κ1) is 20.3. The Morgan fingerprint density at radius 3 is 2.69 bits per heavy atom. The van der Waals surface area contributed by atoms with Crippen LogP contribution in [0, 0.1) is 5.92 Å². The van der Waals surface area contributed by atoms with E-state index in [1.807, 2.05) is 6.92 Å². The minimum atomic E-state index is -3.63. The van der Waals surface area contributed by atoms with Crippen LogP contribution in [0.1, 0.15) is 38.2 Å². The highest BCUT2D eigenvalue weighted by atomic mass is 32.2. The van der Waals surface area contributed by atoms with Crippen LogP contribution in [0.25, 0.3) is 0 Å². The molecule has 158 valence electrons. The summed E-state index contributed by atoms with van der Waals surface area (Å²) in [4.78, 5) is 27.1. The van der Waals surface area contributed by atoms with Gasteiger partial charge in [-0.25, -0.2) is 13.2 Å². The molecule has 2 saturated heterocycles. The van der Waals surface area contributed by atoms with Gasteiger partial charge < -0.3 is 10.1 Å². The average molecular weight is 422 g/mol. The quantitative estimate of drug-likeness (QED) is 0.747. The van der Waals surface area contributed by atoms with E-state index in [0.717, 1.165) is 19.3 Å². The first-order valence-corrected chi connectivity index (χ1v) is 11.6.